The Kier molecular flexibility index (Phi) is 6.18. The topological polar surface area (TPSA) is 85.4 Å². The summed E-state index contributed by atoms with van der Waals surface area (Å²) >= 11 is 11.5. The maximum Gasteiger partial charge on any atom is 0.340 e. The van der Waals surface area contributed by atoms with E-state index >= 15 is 0 Å². The van der Waals surface area contributed by atoms with E-state index in [-0.39, 0.29) is 32.3 Å². The number of halogens is 2. The van der Waals surface area contributed by atoms with Crippen LogP contribution in [0.25, 0.3) is 0 Å². The molecule has 3 aromatic rings. The first-order valence-corrected chi connectivity index (χ1v) is 10.2. The minimum absolute atomic E-state index is 0.0135. The Morgan fingerprint density at radius 2 is 1.79 bits per heavy atom. The highest BCUT2D eigenvalue weighted by Crippen LogP contribution is 2.25. The lowest BCUT2D eigenvalue weighted by Gasteiger charge is -2.09. The molecule has 1 amide bonds. The van der Waals surface area contributed by atoms with Gasteiger partial charge in [0.2, 0.25) is 0 Å². The quantitative estimate of drug-likeness (QED) is 0.464. The molecule has 0 fully saturated rings. The van der Waals surface area contributed by atoms with Gasteiger partial charge in [0, 0.05) is 12.1 Å². The Bertz CT molecular complexity index is 1110. The third-order valence-corrected chi connectivity index (χ3v) is 5.56. The second-order valence-corrected chi connectivity index (χ2v) is 7.99. The van der Waals surface area contributed by atoms with Crippen LogP contribution in [-0.2, 0) is 16.7 Å². The Labute approximate surface area is 172 Å². The summed E-state index contributed by atoms with van der Waals surface area (Å²) in [6, 6.07) is 16.4. The fourth-order valence-electron chi connectivity index (χ4n) is 2.28. The molecule has 144 valence electrons. The molecule has 2 aromatic carbocycles. The summed E-state index contributed by atoms with van der Waals surface area (Å²) in [4.78, 5) is 15.8. The van der Waals surface area contributed by atoms with Gasteiger partial charge < -0.3 is 9.50 Å². The van der Waals surface area contributed by atoms with E-state index in [1.54, 1.807) is 6.07 Å². The second kappa shape index (κ2) is 8.60. The molecule has 0 spiro atoms. The molecule has 1 aromatic heterocycles. The zero-order valence-corrected chi connectivity index (χ0v) is 16.6. The van der Waals surface area contributed by atoms with Crippen molar-refractivity contribution in [2.45, 2.75) is 11.4 Å². The molecular weight excluding hydrogens is 423 g/mol. The predicted molar refractivity (Wildman–Crippen MR) is 106 cm³/mol. The fourth-order valence-corrected chi connectivity index (χ4v) is 3.52. The minimum atomic E-state index is -4.19. The van der Waals surface area contributed by atoms with E-state index in [4.69, 9.17) is 27.4 Å². The van der Waals surface area contributed by atoms with Gasteiger partial charge in [0.1, 0.15) is 15.8 Å². The summed E-state index contributed by atoms with van der Waals surface area (Å²) in [6.45, 7) is 0.345. The molecule has 0 unspecified atom stereocenters. The molecule has 6 nitrogen and oxygen atoms in total. The number of hydrogen-bond acceptors (Lipinski definition) is 5. The van der Waals surface area contributed by atoms with E-state index in [1.165, 1.54) is 18.2 Å². The van der Waals surface area contributed by atoms with E-state index in [0.29, 0.717) is 6.54 Å². The summed E-state index contributed by atoms with van der Waals surface area (Å²) < 4.78 is 29.9. The minimum Gasteiger partial charge on any atom is -0.379 e. The van der Waals surface area contributed by atoms with Gasteiger partial charge in [0.25, 0.3) is 5.91 Å². The van der Waals surface area contributed by atoms with Crippen LogP contribution in [0.5, 0.6) is 5.75 Å². The molecule has 0 aliphatic rings. The third kappa shape index (κ3) is 5.01. The van der Waals surface area contributed by atoms with Crippen molar-refractivity contribution in [3.63, 3.8) is 0 Å². The first-order chi connectivity index (χ1) is 13.3. The van der Waals surface area contributed by atoms with Gasteiger partial charge >= 0.3 is 10.1 Å². The van der Waals surface area contributed by atoms with Crippen molar-refractivity contribution in [3.8, 4) is 5.75 Å². The lowest BCUT2D eigenvalue weighted by atomic mass is 10.2. The summed E-state index contributed by atoms with van der Waals surface area (Å²) in [6.07, 6.45) is 1.04. The Morgan fingerprint density at radius 3 is 2.50 bits per heavy atom. The molecule has 0 radical (unpaired) electrons. The van der Waals surface area contributed by atoms with Gasteiger partial charge in [-0.25, -0.2) is 4.98 Å². The average molecular weight is 437 g/mol. The number of hydrogen-bond donors (Lipinski definition) is 1. The average Bonchev–Trinajstić information content (AvgIpc) is 2.69. The van der Waals surface area contributed by atoms with Crippen LogP contribution >= 0.6 is 23.2 Å². The largest absolute Gasteiger partial charge is 0.379 e. The maximum absolute atomic E-state index is 12.4. The lowest BCUT2D eigenvalue weighted by Crippen LogP contribution is -2.22. The molecular formula is C19H14Cl2N2O4S. The SMILES string of the molecule is O=C(NCc1ccccc1)c1cccc(OS(=O)(=O)c2cnc(Cl)c(Cl)c2)c1. The lowest BCUT2D eigenvalue weighted by molar-refractivity contribution is 0.0950. The molecule has 0 saturated carbocycles. The molecule has 0 bridgehead atoms. The second-order valence-electron chi connectivity index (χ2n) is 5.68. The van der Waals surface area contributed by atoms with Crippen molar-refractivity contribution in [3.05, 3.63) is 88.2 Å². The van der Waals surface area contributed by atoms with Crippen molar-refractivity contribution >= 4 is 39.2 Å². The summed E-state index contributed by atoms with van der Waals surface area (Å²) in [5, 5.41) is 2.74. The first kappa shape index (κ1) is 20.1. The highest BCUT2D eigenvalue weighted by molar-refractivity contribution is 7.87. The number of pyridine rings is 1. The van der Waals surface area contributed by atoms with E-state index in [9.17, 15) is 13.2 Å². The maximum atomic E-state index is 12.4. The van der Waals surface area contributed by atoms with Crippen LogP contribution in [0, 0.1) is 0 Å². The zero-order chi connectivity index (χ0) is 20.1. The van der Waals surface area contributed by atoms with Crippen molar-refractivity contribution in [1.29, 1.82) is 0 Å². The molecule has 9 heteroatoms. The van der Waals surface area contributed by atoms with Crippen LogP contribution in [0.4, 0.5) is 0 Å². The number of benzene rings is 2. The highest BCUT2D eigenvalue weighted by atomic mass is 35.5. The van der Waals surface area contributed by atoms with Crippen LogP contribution in [0.3, 0.4) is 0 Å². The Morgan fingerprint density at radius 1 is 1.04 bits per heavy atom. The van der Waals surface area contributed by atoms with Crippen LogP contribution in [0.15, 0.2) is 71.8 Å². The van der Waals surface area contributed by atoms with Gasteiger partial charge in [0.15, 0.2) is 0 Å². The van der Waals surface area contributed by atoms with Gasteiger partial charge in [-0.2, -0.15) is 8.42 Å². The first-order valence-electron chi connectivity index (χ1n) is 8.03. The van der Waals surface area contributed by atoms with Crippen LogP contribution < -0.4 is 9.50 Å². The molecule has 0 aliphatic carbocycles. The third-order valence-electron chi connectivity index (χ3n) is 3.66. The normalized spacial score (nSPS) is 11.1. The van der Waals surface area contributed by atoms with E-state index in [2.05, 4.69) is 10.3 Å². The van der Waals surface area contributed by atoms with Gasteiger partial charge in [-0.1, -0.05) is 59.6 Å². The van der Waals surface area contributed by atoms with Crippen molar-refractivity contribution in [2.24, 2.45) is 0 Å². The summed E-state index contributed by atoms with van der Waals surface area (Å²) in [5.74, 6) is -0.374. The van der Waals surface area contributed by atoms with Crippen molar-refractivity contribution in [1.82, 2.24) is 10.3 Å². The van der Waals surface area contributed by atoms with Gasteiger partial charge in [-0.15, -0.1) is 0 Å². The van der Waals surface area contributed by atoms with E-state index in [1.807, 2.05) is 30.3 Å². The number of carbonyl (C=O) groups excluding carboxylic acids is 1. The van der Waals surface area contributed by atoms with Gasteiger partial charge in [-0.3, -0.25) is 4.79 Å². The van der Waals surface area contributed by atoms with Crippen LogP contribution in [-0.4, -0.2) is 19.3 Å². The van der Waals surface area contributed by atoms with Crippen molar-refractivity contribution < 1.29 is 17.4 Å². The fraction of sp³-hybridized carbons (Fsp3) is 0.0526. The standard InChI is InChI=1S/C19H14Cl2N2O4S/c20-17-10-16(12-22-18(17)21)28(25,26)27-15-8-4-7-14(9-15)19(24)23-11-13-5-2-1-3-6-13/h1-10,12H,11H2,(H,23,24). The number of nitrogens with one attached hydrogen (secondary N) is 1. The monoisotopic (exact) mass is 436 g/mol. The highest BCUT2D eigenvalue weighted by Gasteiger charge is 2.19. The number of carbonyl (C=O) groups is 1. The molecule has 1 heterocycles. The number of rotatable bonds is 6. The zero-order valence-electron chi connectivity index (χ0n) is 14.3. The Hall–Kier alpha value is -2.61. The number of amides is 1. The van der Waals surface area contributed by atoms with Gasteiger partial charge in [0.05, 0.1) is 11.2 Å². The van der Waals surface area contributed by atoms with Crippen LogP contribution in [0.1, 0.15) is 15.9 Å². The molecule has 0 saturated heterocycles. The molecule has 3 rings (SSSR count). The summed E-state index contributed by atoms with van der Waals surface area (Å²) in [7, 11) is -4.19. The van der Waals surface area contributed by atoms with Crippen molar-refractivity contribution in [2.75, 3.05) is 0 Å². The number of nitrogens with zero attached hydrogens (tertiary/aromatic N) is 1. The van der Waals surface area contributed by atoms with Crippen LogP contribution in [0.2, 0.25) is 10.2 Å². The number of aromatic nitrogens is 1. The molecule has 0 atom stereocenters. The molecule has 28 heavy (non-hydrogen) atoms. The Balaban J connectivity index is 1.73. The van der Waals surface area contributed by atoms with E-state index < -0.39 is 10.1 Å². The van der Waals surface area contributed by atoms with E-state index in [0.717, 1.165) is 17.8 Å². The van der Waals surface area contributed by atoms with Gasteiger partial charge in [-0.05, 0) is 29.8 Å². The summed E-state index contributed by atoms with van der Waals surface area (Å²) in [5.41, 5.74) is 1.20. The predicted octanol–water partition coefficient (Wildman–Crippen LogP) is 4.09. The molecule has 1 N–H and O–H groups in total. The molecule has 0 aliphatic heterocycles. The smallest absolute Gasteiger partial charge is 0.340 e.